The van der Waals surface area contributed by atoms with Crippen molar-refractivity contribution in [3.63, 3.8) is 0 Å². The van der Waals surface area contributed by atoms with Crippen LogP contribution in [0.5, 0.6) is 0 Å². The minimum absolute atomic E-state index is 0.762. The largest absolute Gasteiger partial charge is 0.465 e. The van der Waals surface area contributed by atoms with E-state index in [4.69, 9.17) is 4.42 Å². The lowest BCUT2D eigenvalue weighted by Crippen LogP contribution is -2.28. The van der Waals surface area contributed by atoms with Crippen LogP contribution in [0, 0.1) is 6.92 Å². The Bertz CT molecular complexity index is 416. The second kappa shape index (κ2) is 5.68. The van der Waals surface area contributed by atoms with Gasteiger partial charge < -0.3 is 9.73 Å². The van der Waals surface area contributed by atoms with E-state index < -0.39 is 0 Å². The number of rotatable bonds is 6. The van der Waals surface area contributed by atoms with Crippen molar-refractivity contribution in [2.75, 3.05) is 7.05 Å². The van der Waals surface area contributed by atoms with Crippen molar-refractivity contribution in [2.45, 2.75) is 70.6 Å². The van der Waals surface area contributed by atoms with Gasteiger partial charge in [-0.25, -0.2) is 0 Å². The van der Waals surface area contributed by atoms with E-state index in [1.807, 2.05) is 0 Å². The number of furan rings is 1. The lowest BCUT2D eigenvalue weighted by atomic mass is 10.2. The number of hydrogen-bond acceptors (Lipinski definition) is 3. The first kappa shape index (κ1) is 13.2. The van der Waals surface area contributed by atoms with Crippen molar-refractivity contribution in [1.29, 1.82) is 0 Å². The average molecular weight is 262 g/mol. The summed E-state index contributed by atoms with van der Waals surface area (Å²) in [6.07, 6.45) is 8.17. The Kier molecular flexibility index (Phi) is 3.94. The van der Waals surface area contributed by atoms with Gasteiger partial charge in [0.1, 0.15) is 11.5 Å². The summed E-state index contributed by atoms with van der Waals surface area (Å²) in [5.41, 5.74) is 1.33. The molecule has 1 N–H and O–H groups in total. The van der Waals surface area contributed by atoms with Gasteiger partial charge in [-0.2, -0.15) is 0 Å². The molecule has 2 aliphatic carbocycles. The fourth-order valence-electron chi connectivity index (χ4n) is 3.10. The molecule has 1 aromatic rings. The van der Waals surface area contributed by atoms with E-state index in [0.717, 1.165) is 36.7 Å². The second-order valence-corrected chi connectivity index (χ2v) is 6.30. The standard InChI is InChI=1S/C16H26N2O/c1-12-13(10-17-14-7-8-14)9-16(19-12)11-18(2)15-5-3-4-6-15/h9,14-15,17H,3-8,10-11H2,1-2H3. The van der Waals surface area contributed by atoms with Gasteiger partial charge in [0.15, 0.2) is 0 Å². The smallest absolute Gasteiger partial charge is 0.118 e. The molecule has 3 rings (SSSR count). The summed E-state index contributed by atoms with van der Waals surface area (Å²) >= 11 is 0. The van der Waals surface area contributed by atoms with Gasteiger partial charge in [0.25, 0.3) is 0 Å². The van der Waals surface area contributed by atoms with Gasteiger partial charge in [-0.1, -0.05) is 12.8 Å². The van der Waals surface area contributed by atoms with E-state index in [-0.39, 0.29) is 0 Å². The van der Waals surface area contributed by atoms with Crippen molar-refractivity contribution < 1.29 is 4.42 Å². The van der Waals surface area contributed by atoms with Gasteiger partial charge >= 0.3 is 0 Å². The third-order valence-corrected chi connectivity index (χ3v) is 4.58. The van der Waals surface area contributed by atoms with Gasteiger partial charge in [0.2, 0.25) is 0 Å². The zero-order valence-electron chi connectivity index (χ0n) is 12.2. The molecule has 0 radical (unpaired) electrons. The van der Waals surface area contributed by atoms with Crippen LogP contribution >= 0.6 is 0 Å². The number of aryl methyl sites for hydroxylation is 1. The predicted molar refractivity (Wildman–Crippen MR) is 77.0 cm³/mol. The van der Waals surface area contributed by atoms with Crippen molar-refractivity contribution in [3.8, 4) is 0 Å². The van der Waals surface area contributed by atoms with E-state index in [1.165, 1.54) is 44.1 Å². The molecule has 0 spiro atoms. The number of nitrogens with one attached hydrogen (secondary N) is 1. The SMILES string of the molecule is Cc1oc(CN(C)C2CCCC2)cc1CNC1CC1. The molecule has 1 aromatic heterocycles. The van der Waals surface area contributed by atoms with E-state index in [9.17, 15) is 0 Å². The molecule has 2 saturated carbocycles. The Hall–Kier alpha value is -0.800. The van der Waals surface area contributed by atoms with E-state index >= 15 is 0 Å². The third kappa shape index (κ3) is 3.40. The normalized spacial score (nSPS) is 20.6. The highest BCUT2D eigenvalue weighted by molar-refractivity contribution is 5.21. The molecule has 0 bridgehead atoms. The van der Waals surface area contributed by atoms with E-state index in [2.05, 4.69) is 30.3 Å². The molecule has 2 aliphatic rings. The summed E-state index contributed by atoms with van der Waals surface area (Å²) in [5, 5.41) is 3.56. The molecule has 0 aliphatic heterocycles. The van der Waals surface area contributed by atoms with Gasteiger partial charge in [-0.15, -0.1) is 0 Å². The molecule has 0 unspecified atom stereocenters. The molecule has 0 amide bonds. The van der Waals surface area contributed by atoms with Crippen LogP contribution in [0.3, 0.4) is 0 Å². The van der Waals surface area contributed by atoms with Crippen LogP contribution in [0.25, 0.3) is 0 Å². The van der Waals surface area contributed by atoms with Gasteiger partial charge in [-0.05, 0) is 45.7 Å². The Labute approximate surface area is 116 Å². The summed E-state index contributed by atoms with van der Waals surface area (Å²) < 4.78 is 5.92. The molecule has 0 atom stereocenters. The molecule has 2 fully saturated rings. The van der Waals surface area contributed by atoms with Gasteiger partial charge in [0, 0.05) is 24.2 Å². The second-order valence-electron chi connectivity index (χ2n) is 6.30. The van der Waals surface area contributed by atoms with Crippen LogP contribution in [-0.4, -0.2) is 24.0 Å². The molecule has 3 nitrogen and oxygen atoms in total. The Morgan fingerprint density at radius 1 is 1.26 bits per heavy atom. The molecule has 1 heterocycles. The predicted octanol–water partition coefficient (Wildman–Crippen LogP) is 3.21. The molecule has 0 aromatic carbocycles. The van der Waals surface area contributed by atoms with Crippen LogP contribution in [0.1, 0.15) is 55.6 Å². The van der Waals surface area contributed by atoms with E-state index in [1.54, 1.807) is 0 Å². The summed E-state index contributed by atoms with van der Waals surface area (Å²) in [7, 11) is 2.23. The van der Waals surface area contributed by atoms with Crippen LogP contribution in [0.4, 0.5) is 0 Å². The van der Waals surface area contributed by atoms with Crippen molar-refractivity contribution in [1.82, 2.24) is 10.2 Å². The van der Waals surface area contributed by atoms with Crippen LogP contribution in [0.2, 0.25) is 0 Å². The molecule has 0 saturated heterocycles. The first-order valence-electron chi connectivity index (χ1n) is 7.74. The van der Waals surface area contributed by atoms with E-state index in [0.29, 0.717) is 0 Å². The lowest BCUT2D eigenvalue weighted by Gasteiger charge is -2.22. The zero-order valence-corrected chi connectivity index (χ0v) is 12.2. The Morgan fingerprint density at radius 3 is 2.68 bits per heavy atom. The highest BCUT2D eigenvalue weighted by atomic mass is 16.3. The number of nitrogens with zero attached hydrogens (tertiary/aromatic N) is 1. The molecular formula is C16H26N2O. The summed E-state index contributed by atoms with van der Waals surface area (Å²) in [4.78, 5) is 2.46. The van der Waals surface area contributed by atoms with Crippen molar-refractivity contribution in [3.05, 3.63) is 23.2 Å². The van der Waals surface area contributed by atoms with Crippen molar-refractivity contribution in [2.24, 2.45) is 0 Å². The maximum atomic E-state index is 5.92. The highest BCUT2D eigenvalue weighted by Gasteiger charge is 2.22. The van der Waals surface area contributed by atoms with Crippen molar-refractivity contribution >= 4 is 0 Å². The number of hydrogen-bond donors (Lipinski definition) is 1. The average Bonchev–Trinajstić information content (AvgIpc) is 2.91. The monoisotopic (exact) mass is 262 g/mol. The van der Waals surface area contributed by atoms with Crippen LogP contribution in [0.15, 0.2) is 10.5 Å². The van der Waals surface area contributed by atoms with Crippen LogP contribution < -0.4 is 5.32 Å². The minimum Gasteiger partial charge on any atom is -0.465 e. The zero-order chi connectivity index (χ0) is 13.2. The van der Waals surface area contributed by atoms with Gasteiger partial charge in [-0.3, -0.25) is 4.90 Å². The molecule has 19 heavy (non-hydrogen) atoms. The Morgan fingerprint density at radius 2 is 2.00 bits per heavy atom. The maximum Gasteiger partial charge on any atom is 0.118 e. The summed E-state index contributed by atoms with van der Waals surface area (Å²) in [6, 6.07) is 3.77. The Balaban J connectivity index is 1.55. The summed E-state index contributed by atoms with van der Waals surface area (Å²) in [6.45, 7) is 4.01. The van der Waals surface area contributed by atoms with Crippen LogP contribution in [-0.2, 0) is 13.1 Å². The molecule has 106 valence electrons. The highest BCUT2D eigenvalue weighted by Crippen LogP contribution is 2.25. The van der Waals surface area contributed by atoms with Gasteiger partial charge in [0.05, 0.1) is 6.54 Å². The first-order chi connectivity index (χ1) is 9.22. The molecule has 3 heteroatoms. The topological polar surface area (TPSA) is 28.4 Å². The lowest BCUT2D eigenvalue weighted by molar-refractivity contribution is 0.218. The maximum absolute atomic E-state index is 5.92. The minimum atomic E-state index is 0.762. The first-order valence-corrected chi connectivity index (χ1v) is 7.74. The third-order valence-electron chi connectivity index (χ3n) is 4.58. The fraction of sp³-hybridized carbons (Fsp3) is 0.750. The molecular weight excluding hydrogens is 236 g/mol. The summed E-state index contributed by atoms with van der Waals surface area (Å²) in [5.74, 6) is 2.21. The fourth-order valence-corrected chi connectivity index (χ4v) is 3.10. The quantitative estimate of drug-likeness (QED) is 0.853.